The fourth-order valence-corrected chi connectivity index (χ4v) is 1.80. The lowest BCUT2D eigenvalue weighted by Gasteiger charge is -2.18. The summed E-state index contributed by atoms with van der Waals surface area (Å²) in [4.78, 5) is 2.40. The van der Waals surface area contributed by atoms with Crippen molar-refractivity contribution < 1.29 is 0 Å². The van der Waals surface area contributed by atoms with E-state index >= 15 is 0 Å². The van der Waals surface area contributed by atoms with Crippen LogP contribution in [0, 0.1) is 11.3 Å². The maximum atomic E-state index is 8.94. The van der Waals surface area contributed by atoms with Gasteiger partial charge in [-0.05, 0) is 38.2 Å². The summed E-state index contributed by atoms with van der Waals surface area (Å²) < 4.78 is 0. The van der Waals surface area contributed by atoms with Crippen molar-refractivity contribution in [3.8, 4) is 6.07 Å². The molecule has 0 heterocycles. The first-order valence-corrected chi connectivity index (χ1v) is 6.27. The van der Waals surface area contributed by atoms with Crippen LogP contribution >= 0.6 is 0 Å². The van der Waals surface area contributed by atoms with Gasteiger partial charge in [0.25, 0.3) is 0 Å². The average Bonchev–Trinajstić information content (AvgIpc) is 2.39. The molecule has 0 aromatic heterocycles. The Kier molecular flexibility index (Phi) is 6.13. The average molecular weight is 231 g/mol. The second-order valence-corrected chi connectivity index (χ2v) is 3.96. The number of benzene rings is 1. The van der Waals surface area contributed by atoms with Gasteiger partial charge in [0.15, 0.2) is 0 Å². The SMILES string of the molecule is CCN(CC)CCCNc1ccccc1C#N. The molecule has 0 saturated carbocycles. The lowest BCUT2D eigenvalue weighted by Crippen LogP contribution is -2.25. The molecule has 3 heteroatoms. The maximum Gasteiger partial charge on any atom is 0.101 e. The molecule has 0 aliphatic carbocycles. The van der Waals surface area contributed by atoms with Crippen molar-refractivity contribution >= 4 is 5.69 Å². The number of anilines is 1. The first-order chi connectivity index (χ1) is 8.31. The lowest BCUT2D eigenvalue weighted by atomic mass is 10.2. The molecule has 0 atom stereocenters. The molecular formula is C14H21N3. The van der Waals surface area contributed by atoms with Gasteiger partial charge in [-0.2, -0.15) is 5.26 Å². The number of nitrogens with one attached hydrogen (secondary N) is 1. The van der Waals surface area contributed by atoms with Crippen molar-refractivity contribution in [2.75, 3.05) is 31.5 Å². The summed E-state index contributed by atoms with van der Waals surface area (Å²) in [6.07, 6.45) is 1.10. The lowest BCUT2D eigenvalue weighted by molar-refractivity contribution is 0.303. The van der Waals surface area contributed by atoms with Crippen molar-refractivity contribution in [1.82, 2.24) is 4.90 Å². The van der Waals surface area contributed by atoms with E-state index < -0.39 is 0 Å². The minimum atomic E-state index is 0.718. The highest BCUT2D eigenvalue weighted by Gasteiger charge is 2.00. The normalized spacial score (nSPS) is 10.2. The van der Waals surface area contributed by atoms with Crippen LogP contribution in [0.25, 0.3) is 0 Å². The number of nitriles is 1. The largest absolute Gasteiger partial charge is 0.384 e. The van der Waals surface area contributed by atoms with Crippen molar-refractivity contribution in [2.45, 2.75) is 20.3 Å². The summed E-state index contributed by atoms with van der Waals surface area (Å²) in [7, 11) is 0. The number of hydrogen-bond acceptors (Lipinski definition) is 3. The molecule has 0 amide bonds. The molecule has 92 valence electrons. The Labute approximate surface area is 104 Å². The quantitative estimate of drug-likeness (QED) is 0.733. The van der Waals surface area contributed by atoms with E-state index in [9.17, 15) is 0 Å². The van der Waals surface area contributed by atoms with Crippen molar-refractivity contribution in [3.63, 3.8) is 0 Å². The van der Waals surface area contributed by atoms with Gasteiger partial charge in [0.1, 0.15) is 6.07 Å². The Bertz CT molecular complexity index is 364. The minimum Gasteiger partial charge on any atom is -0.384 e. The number of hydrogen-bond donors (Lipinski definition) is 1. The van der Waals surface area contributed by atoms with Gasteiger partial charge in [0, 0.05) is 6.54 Å². The summed E-state index contributed by atoms with van der Waals surface area (Å²) in [5, 5.41) is 12.3. The second kappa shape index (κ2) is 7.70. The van der Waals surface area contributed by atoms with Crippen LogP contribution in [0.2, 0.25) is 0 Å². The molecular weight excluding hydrogens is 210 g/mol. The van der Waals surface area contributed by atoms with Crippen LogP contribution in [0.1, 0.15) is 25.8 Å². The van der Waals surface area contributed by atoms with E-state index in [1.807, 2.05) is 24.3 Å². The zero-order valence-corrected chi connectivity index (χ0v) is 10.7. The first-order valence-electron chi connectivity index (χ1n) is 6.27. The zero-order valence-electron chi connectivity index (χ0n) is 10.7. The molecule has 0 aliphatic heterocycles. The summed E-state index contributed by atoms with van der Waals surface area (Å²) in [5.74, 6) is 0. The second-order valence-electron chi connectivity index (χ2n) is 3.96. The molecule has 1 N–H and O–H groups in total. The van der Waals surface area contributed by atoms with E-state index in [1.165, 1.54) is 0 Å². The fourth-order valence-electron chi connectivity index (χ4n) is 1.80. The molecule has 17 heavy (non-hydrogen) atoms. The number of nitrogens with zero attached hydrogens (tertiary/aromatic N) is 2. The van der Waals surface area contributed by atoms with E-state index in [0.717, 1.165) is 43.9 Å². The molecule has 1 rings (SSSR count). The summed E-state index contributed by atoms with van der Waals surface area (Å²) in [6, 6.07) is 9.83. The number of para-hydroxylation sites is 1. The Morgan fingerprint density at radius 1 is 1.24 bits per heavy atom. The van der Waals surface area contributed by atoms with Gasteiger partial charge < -0.3 is 10.2 Å². The summed E-state index contributed by atoms with van der Waals surface area (Å²) >= 11 is 0. The van der Waals surface area contributed by atoms with Gasteiger partial charge >= 0.3 is 0 Å². The van der Waals surface area contributed by atoms with Crippen molar-refractivity contribution in [1.29, 1.82) is 5.26 Å². The summed E-state index contributed by atoms with van der Waals surface area (Å²) in [5.41, 5.74) is 1.66. The van der Waals surface area contributed by atoms with Crippen LogP contribution in [0.4, 0.5) is 5.69 Å². The van der Waals surface area contributed by atoms with Gasteiger partial charge in [-0.3, -0.25) is 0 Å². The Balaban J connectivity index is 2.34. The molecule has 0 unspecified atom stereocenters. The Hall–Kier alpha value is -1.53. The standard InChI is InChI=1S/C14H21N3/c1-3-17(4-2)11-7-10-16-14-9-6-5-8-13(14)12-15/h5-6,8-9,16H,3-4,7,10-11H2,1-2H3. The van der Waals surface area contributed by atoms with E-state index in [1.54, 1.807) is 0 Å². The first kappa shape index (κ1) is 13.5. The highest BCUT2D eigenvalue weighted by Crippen LogP contribution is 2.13. The van der Waals surface area contributed by atoms with E-state index in [-0.39, 0.29) is 0 Å². The minimum absolute atomic E-state index is 0.718. The van der Waals surface area contributed by atoms with Crippen LogP contribution in [0.15, 0.2) is 24.3 Å². The van der Waals surface area contributed by atoms with Gasteiger partial charge in [-0.15, -0.1) is 0 Å². The van der Waals surface area contributed by atoms with Crippen LogP contribution in [-0.4, -0.2) is 31.1 Å². The van der Waals surface area contributed by atoms with Crippen LogP contribution < -0.4 is 5.32 Å². The van der Waals surface area contributed by atoms with Crippen LogP contribution in [0.5, 0.6) is 0 Å². The van der Waals surface area contributed by atoms with E-state index in [0.29, 0.717) is 0 Å². The topological polar surface area (TPSA) is 39.1 Å². The van der Waals surface area contributed by atoms with Gasteiger partial charge in [-0.25, -0.2) is 0 Å². The monoisotopic (exact) mass is 231 g/mol. The molecule has 3 nitrogen and oxygen atoms in total. The van der Waals surface area contributed by atoms with Gasteiger partial charge in [0.2, 0.25) is 0 Å². The molecule has 1 aromatic rings. The molecule has 0 saturated heterocycles. The van der Waals surface area contributed by atoms with Crippen molar-refractivity contribution in [2.24, 2.45) is 0 Å². The molecule has 0 fully saturated rings. The third kappa shape index (κ3) is 4.46. The highest BCUT2D eigenvalue weighted by atomic mass is 15.1. The Morgan fingerprint density at radius 2 is 1.94 bits per heavy atom. The Morgan fingerprint density at radius 3 is 2.59 bits per heavy atom. The van der Waals surface area contributed by atoms with Crippen LogP contribution in [-0.2, 0) is 0 Å². The zero-order chi connectivity index (χ0) is 12.5. The molecule has 0 bridgehead atoms. The molecule has 0 spiro atoms. The maximum absolute atomic E-state index is 8.94. The fraction of sp³-hybridized carbons (Fsp3) is 0.500. The molecule has 0 radical (unpaired) electrons. The van der Waals surface area contributed by atoms with Crippen LogP contribution in [0.3, 0.4) is 0 Å². The van der Waals surface area contributed by atoms with E-state index in [4.69, 9.17) is 5.26 Å². The third-order valence-corrected chi connectivity index (χ3v) is 2.91. The van der Waals surface area contributed by atoms with E-state index in [2.05, 4.69) is 30.1 Å². The van der Waals surface area contributed by atoms with Gasteiger partial charge in [-0.1, -0.05) is 26.0 Å². The smallest absolute Gasteiger partial charge is 0.101 e. The highest BCUT2D eigenvalue weighted by molar-refractivity contribution is 5.56. The molecule has 1 aromatic carbocycles. The van der Waals surface area contributed by atoms with Gasteiger partial charge in [0.05, 0.1) is 11.3 Å². The number of rotatable bonds is 7. The predicted molar refractivity (Wildman–Crippen MR) is 72.1 cm³/mol. The summed E-state index contributed by atoms with van der Waals surface area (Å²) in [6.45, 7) is 8.59. The predicted octanol–water partition coefficient (Wildman–Crippen LogP) is 2.70. The van der Waals surface area contributed by atoms with Crippen molar-refractivity contribution in [3.05, 3.63) is 29.8 Å². The molecule has 0 aliphatic rings. The third-order valence-electron chi connectivity index (χ3n) is 2.91.